The van der Waals surface area contributed by atoms with Crippen LogP contribution in [0.25, 0.3) is 16.6 Å². The van der Waals surface area contributed by atoms with E-state index in [0.29, 0.717) is 11.3 Å². The van der Waals surface area contributed by atoms with E-state index in [-0.39, 0.29) is 5.56 Å². The fourth-order valence-corrected chi connectivity index (χ4v) is 2.03. The molecule has 0 aliphatic rings. The number of nitrogens with zero attached hydrogens (tertiary/aromatic N) is 4. The first-order valence-electron chi connectivity index (χ1n) is 5.83. The van der Waals surface area contributed by atoms with Crippen LogP contribution in [0.5, 0.6) is 0 Å². The molecule has 20 heavy (non-hydrogen) atoms. The Labute approximate surface area is 114 Å². The highest BCUT2D eigenvalue weighted by Crippen LogP contribution is 2.23. The van der Waals surface area contributed by atoms with Gasteiger partial charge in [-0.15, -0.1) is 0 Å². The third kappa shape index (κ3) is 1.78. The molecule has 2 N–H and O–H groups in total. The molecule has 0 unspecified atom stereocenters. The number of hydrogen-bond donors (Lipinski definition) is 1. The standard InChI is InChI=1S/C14H9N5O/c15-5-9-6-17-12-4-2-1-3-11(12)13(9)19-8-10(7-18-19)14(16)20/h1-4,6-8H,(H2,16,20). The van der Waals surface area contributed by atoms with Gasteiger partial charge in [0.15, 0.2) is 0 Å². The van der Waals surface area contributed by atoms with Gasteiger partial charge < -0.3 is 5.73 Å². The first kappa shape index (κ1) is 11.9. The summed E-state index contributed by atoms with van der Waals surface area (Å²) in [6.45, 7) is 0. The van der Waals surface area contributed by atoms with Gasteiger partial charge in [0.2, 0.25) is 0 Å². The van der Waals surface area contributed by atoms with Gasteiger partial charge in [0, 0.05) is 17.8 Å². The minimum absolute atomic E-state index is 0.287. The zero-order valence-corrected chi connectivity index (χ0v) is 10.3. The number of rotatable bonds is 2. The molecule has 1 aromatic carbocycles. The van der Waals surface area contributed by atoms with Crippen molar-refractivity contribution in [2.24, 2.45) is 5.73 Å². The number of nitriles is 1. The number of benzene rings is 1. The SMILES string of the molecule is N#Cc1cnc2ccccc2c1-n1cc(C(N)=O)cn1. The molecule has 3 rings (SSSR count). The van der Waals surface area contributed by atoms with Crippen LogP contribution in [-0.4, -0.2) is 20.7 Å². The summed E-state index contributed by atoms with van der Waals surface area (Å²) in [5.74, 6) is -0.562. The van der Waals surface area contributed by atoms with Crippen molar-refractivity contribution in [3.63, 3.8) is 0 Å². The molecule has 3 aromatic rings. The van der Waals surface area contributed by atoms with Gasteiger partial charge in [0.25, 0.3) is 5.91 Å². The zero-order valence-electron chi connectivity index (χ0n) is 10.3. The number of fused-ring (bicyclic) bond motifs is 1. The van der Waals surface area contributed by atoms with E-state index in [0.717, 1.165) is 10.9 Å². The van der Waals surface area contributed by atoms with Crippen LogP contribution in [0.1, 0.15) is 15.9 Å². The minimum Gasteiger partial charge on any atom is -0.366 e. The van der Waals surface area contributed by atoms with Crippen LogP contribution in [0.15, 0.2) is 42.9 Å². The van der Waals surface area contributed by atoms with E-state index in [2.05, 4.69) is 16.2 Å². The maximum Gasteiger partial charge on any atom is 0.251 e. The van der Waals surface area contributed by atoms with Crippen LogP contribution >= 0.6 is 0 Å². The van der Waals surface area contributed by atoms with Crippen molar-refractivity contribution in [2.75, 3.05) is 0 Å². The highest BCUT2D eigenvalue weighted by atomic mass is 16.1. The Morgan fingerprint density at radius 2 is 2.10 bits per heavy atom. The van der Waals surface area contributed by atoms with Crippen LogP contribution in [0.4, 0.5) is 0 Å². The van der Waals surface area contributed by atoms with Gasteiger partial charge in [0.1, 0.15) is 6.07 Å². The molecule has 2 aromatic heterocycles. The van der Waals surface area contributed by atoms with E-state index in [1.54, 1.807) is 0 Å². The van der Waals surface area contributed by atoms with Gasteiger partial charge >= 0.3 is 0 Å². The van der Waals surface area contributed by atoms with Gasteiger partial charge in [-0.2, -0.15) is 10.4 Å². The summed E-state index contributed by atoms with van der Waals surface area (Å²) < 4.78 is 1.47. The molecule has 0 spiro atoms. The van der Waals surface area contributed by atoms with Crippen molar-refractivity contribution in [1.29, 1.82) is 5.26 Å². The lowest BCUT2D eigenvalue weighted by Gasteiger charge is -2.07. The van der Waals surface area contributed by atoms with Gasteiger partial charge in [-0.1, -0.05) is 18.2 Å². The molecular weight excluding hydrogens is 254 g/mol. The number of primary amides is 1. The second kappa shape index (κ2) is 4.48. The predicted molar refractivity (Wildman–Crippen MR) is 72.1 cm³/mol. The number of aromatic nitrogens is 3. The lowest BCUT2D eigenvalue weighted by molar-refractivity contribution is 0.100. The minimum atomic E-state index is -0.562. The Morgan fingerprint density at radius 3 is 2.80 bits per heavy atom. The van der Waals surface area contributed by atoms with E-state index in [9.17, 15) is 10.1 Å². The maximum absolute atomic E-state index is 11.2. The second-order valence-electron chi connectivity index (χ2n) is 4.19. The molecule has 0 radical (unpaired) electrons. The van der Waals surface area contributed by atoms with Gasteiger partial charge in [-0.3, -0.25) is 9.78 Å². The molecule has 0 saturated carbocycles. The fourth-order valence-electron chi connectivity index (χ4n) is 2.03. The maximum atomic E-state index is 11.2. The van der Waals surface area contributed by atoms with Crippen LogP contribution in [0.3, 0.4) is 0 Å². The molecule has 2 heterocycles. The second-order valence-corrected chi connectivity index (χ2v) is 4.19. The highest BCUT2D eigenvalue weighted by molar-refractivity contribution is 5.93. The Morgan fingerprint density at radius 1 is 1.30 bits per heavy atom. The summed E-state index contributed by atoms with van der Waals surface area (Å²) in [5, 5.41) is 14.1. The molecular formula is C14H9N5O. The number of carbonyl (C=O) groups excluding carboxylic acids is 1. The Balaban J connectivity index is 2.33. The number of nitrogens with two attached hydrogens (primary N) is 1. The van der Waals surface area contributed by atoms with Crippen LogP contribution in [0.2, 0.25) is 0 Å². The predicted octanol–water partition coefficient (Wildman–Crippen LogP) is 1.39. The number of para-hydroxylation sites is 1. The van der Waals surface area contributed by atoms with E-state index in [4.69, 9.17) is 5.73 Å². The van der Waals surface area contributed by atoms with Crippen LogP contribution in [0, 0.1) is 11.3 Å². The van der Waals surface area contributed by atoms with E-state index in [1.807, 2.05) is 24.3 Å². The number of pyridine rings is 1. The third-order valence-electron chi connectivity index (χ3n) is 2.96. The van der Waals surface area contributed by atoms with Crippen molar-refractivity contribution in [3.05, 3.63) is 54.0 Å². The number of amides is 1. The molecule has 0 aliphatic heterocycles. The van der Waals surface area contributed by atoms with E-state index < -0.39 is 5.91 Å². The zero-order chi connectivity index (χ0) is 14.1. The van der Waals surface area contributed by atoms with Crippen molar-refractivity contribution in [1.82, 2.24) is 14.8 Å². The summed E-state index contributed by atoms with van der Waals surface area (Å²) in [4.78, 5) is 15.4. The normalized spacial score (nSPS) is 10.3. The summed E-state index contributed by atoms with van der Waals surface area (Å²) in [6.07, 6.45) is 4.37. The van der Waals surface area contributed by atoms with Crippen molar-refractivity contribution in [2.45, 2.75) is 0 Å². The number of hydrogen-bond acceptors (Lipinski definition) is 4. The Hall–Kier alpha value is -3.20. The molecule has 96 valence electrons. The molecule has 6 heteroatoms. The molecule has 0 bridgehead atoms. The lowest BCUT2D eigenvalue weighted by Crippen LogP contribution is -2.09. The molecule has 0 saturated heterocycles. The Bertz CT molecular complexity index is 859. The lowest BCUT2D eigenvalue weighted by atomic mass is 10.1. The summed E-state index contributed by atoms with van der Waals surface area (Å²) in [5.41, 5.74) is 7.22. The Kier molecular flexibility index (Phi) is 2.66. The molecule has 1 amide bonds. The molecule has 0 aliphatic carbocycles. The third-order valence-corrected chi connectivity index (χ3v) is 2.96. The topological polar surface area (TPSA) is 97.6 Å². The summed E-state index contributed by atoms with van der Waals surface area (Å²) in [7, 11) is 0. The monoisotopic (exact) mass is 263 g/mol. The largest absolute Gasteiger partial charge is 0.366 e. The van der Waals surface area contributed by atoms with Gasteiger partial charge in [0.05, 0.1) is 28.5 Å². The van der Waals surface area contributed by atoms with Crippen LogP contribution < -0.4 is 5.73 Å². The van der Waals surface area contributed by atoms with E-state index >= 15 is 0 Å². The fraction of sp³-hybridized carbons (Fsp3) is 0. The van der Waals surface area contributed by atoms with Gasteiger partial charge in [-0.25, -0.2) is 4.68 Å². The smallest absolute Gasteiger partial charge is 0.251 e. The van der Waals surface area contributed by atoms with Gasteiger partial charge in [-0.05, 0) is 6.07 Å². The quantitative estimate of drug-likeness (QED) is 0.755. The average molecular weight is 263 g/mol. The summed E-state index contributed by atoms with van der Waals surface area (Å²) >= 11 is 0. The average Bonchev–Trinajstić information content (AvgIpc) is 2.95. The van der Waals surface area contributed by atoms with Crippen molar-refractivity contribution >= 4 is 16.8 Å². The first-order chi connectivity index (χ1) is 9.70. The molecule has 0 atom stereocenters. The van der Waals surface area contributed by atoms with Crippen molar-refractivity contribution < 1.29 is 4.79 Å². The summed E-state index contributed by atoms with van der Waals surface area (Å²) in [6, 6.07) is 9.50. The first-order valence-corrected chi connectivity index (χ1v) is 5.83. The van der Waals surface area contributed by atoms with E-state index in [1.165, 1.54) is 23.3 Å². The van der Waals surface area contributed by atoms with Crippen molar-refractivity contribution in [3.8, 4) is 11.8 Å². The number of carbonyl (C=O) groups is 1. The highest BCUT2D eigenvalue weighted by Gasteiger charge is 2.13. The molecule has 6 nitrogen and oxygen atoms in total. The van der Waals surface area contributed by atoms with Crippen LogP contribution in [-0.2, 0) is 0 Å². The molecule has 0 fully saturated rings.